The smallest absolute Gasteiger partial charge is 0.267 e. The van der Waals surface area contributed by atoms with Crippen molar-refractivity contribution in [3.05, 3.63) is 76.4 Å². The monoisotopic (exact) mass is 361 g/mol. The van der Waals surface area contributed by atoms with Crippen LogP contribution in [-0.4, -0.2) is 15.3 Å². The molecular formula is C21H19N3OS. The van der Waals surface area contributed by atoms with Crippen LogP contribution in [-0.2, 0) is 0 Å². The average molecular weight is 361 g/mol. The highest BCUT2D eigenvalue weighted by Gasteiger charge is 2.18. The maximum Gasteiger partial charge on any atom is 0.267 e. The second-order valence-corrected chi connectivity index (χ2v) is 7.41. The summed E-state index contributed by atoms with van der Waals surface area (Å²) in [5.41, 5.74) is 5.98. The molecule has 1 N–H and O–H groups in total. The topological polar surface area (TPSA) is 46.4 Å². The molecule has 4 nitrogen and oxygen atoms in total. The molecule has 4 aromatic rings. The molecule has 4 rings (SSSR count). The third-order valence-electron chi connectivity index (χ3n) is 4.46. The van der Waals surface area contributed by atoms with Crippen LogP contribution < -0.4 is 5.32 Å². The molecule has 0 aliphatic rings. The molecule has 2 aromatic heterocycles. The van der Waals surface area contributed by atoms with Gasteiger partial charge in [-0.3, -0.25) is 9.20 Å². The zero-order chi connectivity index (χ0) is 18.3. The van der Waals surface area contributed by atoms with Crippen molar-refractivity contribution in [3.8, 4) is 11.3 Å². The number of anilines is 1. The lowest BCUT2D eigenvalue weighted by Gasteiger charge is -2.08. The van der Waals surface area contributed by atoms with E-state index in [4.69, 9.17) is 0 Å². The summed E-state index contributed by atoms with van der Waals surface area (Å²) in [7, 11) is 0. The minimum Gasteiger partial charge on any atom is -0.321 e. The normalized spacial score (nSPS) is 11.0. The van der Waals surface area contributed by atoms with E-state index in [1.54, 1.807) is 0 Å². The van der Waals surface area contributed by atoms with Crippen molar-refractivity contribution in [1.29, 1.82) is 0 Å². The third kappa shape index (κ3) is 2.91. The first-order chi connectivity index (χ1) is 12.5. The van der Waals surface area contributed by atoms with Gasteiger partial charge in [-0.2, -0.15) is 0 Å². The molecule has 5 heteroatoms. The van der Waals surface area contributed by atoms with Gasteiger partial charge in [-0.25, -0.2) is 4.98 Å². The molecule has 0 aliphatic carbocycles. The van der Waals surface area contributed by atoms with E-state index in [-0.39, 0.29) is 5.91 Å². The molecule has 0 fully saturated rings. The van der Waals surface area contributed by atoms with Crippen molar-refractivity contribution in [1.82, 2.24) is 9.38 Å². The summed E-state index contributed by atoms with van der Waals surface area (Å²) in [6, 6.07) is 16.1. The summed E-state index contributed by atoms with van der Waals surface area (Å²) in [6.45, 7) is 6.00. The fraction of sp³-hybridized carbons (Fsp3) is 0.143. The largest absolute Gasteiger partial charge is 0.321 e. The van der Waals surface area contributed by atoms with Crippen molar-refractivity contribution in [2.75, 3.05) is 5.32 Å². The maximum absolute atomic E-state index is 12.8. The number of amides is 1. The Balaban J connectivity index is 1.65. The van der Waals surface area contributed by atoms with Gasteiger partial charge in [-0.05, 0) is 32.4 Å². The van der Waals surface area contributed by atoms with Crippen LogP contribution in [0.15, 0.2) is 54.7 Å². The number of hydrogen-bond donors (Lipinski definition) is 1. The molecule has 130 valence electrons. The zero-order valence-corrected chi connectivity index (χ0v) is 15.7. The number of nitrogens with one attached hydrogen (secondary N) is 1. The molecule has 1 amide bonds. The highest BCUT2D eigenvalue weighted by atomic mass is 32.1. The van der Waals surface area contributed by atoms with Crippen LogP contribution >= 0.6 is 11.3 Å². The van der Waals surface area contributed by atoms with Crippen molar-refractivity contribution >= 4 is 27.9 Å². The number of fused-ring (bicyclic) bond motifs is 1. The van der Waals surface area contributed by atoms with Gasteiger partial charge in [0.1, 0.15) is 4.88 Å². The predicted molar refractivity (Wildman–Crippen MR) is 107 cm³/mol. The molecule has 0 radical (unpaired) electrons. The van der Waals surface area contributed by atoms with Gasteiger partial charge in [0, 0.05) is 23.1 Å². The second-order valence-electron chi connectivity index (χ2n) is 6.43. The number of carbonyl (C=O) groups is 1. The van der Waals surface area contributed by atoms with Gasteiger partial charge in [-0.1, -0.05) is 59.4 Å². The van der Waals surface area contributed by atoms with Gasteiger partial charge in [0.05, 0.1) is 5.69 Å². The Labute approximate surface area is 156 Å². The summed E-state index contributed by atoms with van der Waals surface area (Å²) >= 11 is 1.42. The molecule has 0 bridgehead atoms. The fourth-order valence-electron chi connectivity index (χ4n) is 3.04. The number of carbonyl (C=O) groups excluding carboxylic acids is 1. The van der Waals surface area contributed by atoms with Gasteiger partial charge >= 0.3 is 0 Å². The van der Waals surface area contributed by atoms with Crippen molar-refractivity contribution in [3.63, 3.8) is 0 Å². The number of benzene rings is 2. The lowest BCUT2D eigenvalue weighted by atomic mass is 10.1. The number of aryl methyl sites for hydroxylation is 3. The Morgan fingerprint density at radius 2 is 1.85 bits per heavy atom. The van der Waals surface area contributed by atoms with Crippen LogP contribution in [0.1, 0.15) is 26.5 Å². The van der Waals surface area contributed by atoms with Crippen LogP contribution in [0.4, 0.5) is 5.69 Å². The van der Waals surface area contributed by atoms with Crippen LogP contribution in [0.3, 0.4) is 0 Å². The molecule has 0 saturated heterocycles. The van der Waals surface area contributed by atoms with Crippen LogP contribution in [0.5, 0.6) is 0 Å². The summed E-state index contributed by atoms with van der Waals surface area (Å²) < 4.78 is 1.99. The molecule has 0 aliphatic heterocycles. The second kappa shape index (κ2) is 6.42. The van der Waals surface area contributed by atoms with Crippen molar-refractivity contribution in [2.24, 2.45) is 0 Å². The summed E-state index contributed by atoms with van der Waals surface area (Å²) in [4.78, 5) is 19.0. The fourth-order valence-corrected chi connectivity index (χ4v) is 4.05. The molecule has 2 aromatic carbocycles. The highest BCUT2D eigenvalue weighted by molar-refractivity contribution is 7.19. The molecule has 0 unspecified atom stereocenters. The Hall–Kier alpha value is -2.92. The SMILES string of the molecule is Cc1ccc(NC(=O)c2sc3nc(-c4ccccc4)cn3c2C)c(C)c1. The molecule has 26 heavy (non-hydrogen) atoms. The third-order valence-corrected chi connectivity index (χ3v) is 5.62. The zero-order valence-electron chi connectivity index (χ0n) is 14.9. The standard InChI is InChI=1S/C21H19N3OS/c1-13-9-10-17(14(2)11-13)22-20(25)19-15(3)24-12-18(23-21(24)26-19)16-7-5-4-6-8-16/h4-12H,1-3H3,(H,22,25). The Bertz CT molecular complexity index is 1110. The lowest BCUT2D eigenvalue weighted by molar-refractivity contribution is 0.102. The first-order valence-electron chi connectivity index (χ1n) is 8.45. The van der Waals surface area contributed by atoms with E-state index in [9.17, 15) is 4.79 Å². The molecule has 2 heterocycles. The van der Waals surface area contributed by atoms with E-state index in [1.807, 2.05) is 73.8 Å². The van der Waals surface area contributed by atoms with Gasteiger partial charge in [0.25, 0.3) is 5.91 Å². The van der Waals surface area contributed by atoms with E-state index in [0.717, 1.165) is 33.2 Å². The minimum atomic E-state index is -0.0915. The van der Waals surface area contributed by atoms with Crippen LogP contribution in [0.25, 0.3) is 16.2 Å². The number of aromatic nitrogens is 2. The van der Waals surface area contributed by atoms with E-state index < -0.39 is 0 Å². The van der Waals surface area contributed by atoms with E-state index in [0.29, 0.717) is 4.88 Å². The average Bonchev–Trinajstić information content (AvgIpc) is 3.18. The van der Waals surface area contributed by atoms with Crippen molar-refractivity contribution in [2.45, 2.75) is 20.8 Å². The minimum absolute atomic E-state index is 0.0915. The Morgan fingerprint density at radius 3 is 2.54 bits per heavy atom. The van der Waals surface area contributed by atoms with Gasteiger partial charge in [0.15, 0.2) is 4.96 Å². The molecule has 0 atom stereocenters. The van der Waals surface area contributed by atoms with Crippen LogP contribution in [0.2, 0.25) is 0 Å². The van der Waals surface area contributed by atoms with Crippen LogP contribution in [0, 0.1) is 20.8 Å². The van der Waals surface area contributed by atoms with E-state index in [1.165, 1.54) is 16.9 Å². The summed E-state index contributed by atoms with van der Waals surface area (Å²) in [5, 5.41) is 3.02. The molecule has 0 saturated carbocycles. The first kappa shape index (κ1) is 16.5. The Kier molecular flexibility index (Phi) is 4.09. The Morgan fingerprint density at radius 1 is 1.08 bits per heavy atom. The predicted octanol–water partition coefficient (Wildman–Crippen LogP) is 5.24. The molecular weight excluding hydrogens is 342 g/mol. The number of thiazole rings is 1. The lowest BCUT2D eigenvalue weighted by Crippen LogP contribution is -2.12. The van der Waals surface area contributed by atoms with Gasteiger partial charge in [-0.15, -0.1) is 0 Å². The number of nitrogens with zero attached hydrogens (tertiary/aromatic N) is 2. The van der Waals surface area contributed by atoms with E-state index in [2.05, 4.69) is 16.4 Å². The summed E-state index contributed by atoms with van der Waals surface area (Å²) in [6.07, 6.45) is 1.99. The number of hydrogen-bond acceptors (Lipinski definition) is 3. The van der Waals surface area contributed by atoms with Crippen molar-refractivity contribution < 1.29 is 4.79 Å². The summed E-state index contributed by atoms with van der Waals surface area (Å²) in [5.74, 6) is -0.0915. The van der Waals surface area contributed by atoms with E-state index >= 15 is 0 Å². The first-order valence-corrected chi connectivity index (χ1v) is 9.27. The number of rotatable bonds is 3. The highest BCUT2D eigenvalue weighted by Crippen LogP contribution is 2.28. The molecule has 0 spiro atoms. The van der Waals surface area contributed by atoms with Gasteiger partial charge in [0.2, 0.25) is 0 Å². The quantitative estimate of drug-likeness (QED) is 0.542. The maximum atomic E-state index is 12.8. The van der Waals surface area contributed by atoms with Gasteiger partial charge < -0.3 is 5.32 Å². The number of imidazole rings is 1.